The van der Waals surface area contributed by atoms with Crippen LogP contribution in [0.25, 0.3) is 0 Å². The Morgan fingerprint density at radius 2 is 2.27 bits per heavy atom. The van der Waals surface area contributed by atoms with Crippen molar-refractivity contribution in [3.8, 4) is 0 Å². The molecule has 1 aromatic rings. The number of aromatic nitrogens is 2. The van der Waals surface area contributed by atoms with E-state index in [1.54, 1.807) is 6.07 Å². The molecule has 0 aliphatic heterocycles. The summed E-state index contributed by atoms with van der Waals surface area (Å²) in [7, 11) is 2.16. The Balaban J connectivity index is 1.70. The van der Waals surface area contributed by atoms with E-state index in [1.165, 1.54) is 12.8 Å². The Hall–Kier alpha value is -1.36. The van der Waals surface area contributed by atoms with Gasteiger partial charge in [-0.15, -0.1) is 10.2 Å². The van der Waals surface area contributed by atoms with Crippen LogP contribution in [0.2, 0.25) is 0 Å². The largest absolute Gasteiger partial charge is 0.382 e. The lowest BCUT2D eigenvalue weighted by Crippen LogP contribution is -2.27. The summed E-state index contributed by atoms with van der Waals surface area (Å²) in [5, 5.41) is 10.9. The molecule has 0 saturated heterocycles. The molecular formula is C10H17N5. The van der Waals surface area contributed by atoms with Crippen molar-refractivity contribution in [2.24, 2.45) is 0 Å². The smallest absolute Gasteiger partial charge is 0.148 e. The molecule has 0 aromatic carbocycles. The zero-order chi connectivity index (χ0) is 10.7. The minimum atomic E-state index is 0.454. The summed E-state index contributed by atoms with van der Waals surface area (Å²) in [6.45, 7) is 1.93. The van der Waals surface area contributed by atoms with Crippen molar-refractivity contribution < 1.29 is 0 Å². The molecule has 2 rings (SSSR count). The minimum absolute atomic E-state index is 0.454. The molecule has 1 saturated carbocycles. The van der Waals surface area contributed by atoms with Gasteiger partial charge in [-0.05, 0) is 32.0 Å². The van der Waals surface area contributed by atoms with Crippen LogP contribution in [0.3, 0.4) is 0 Å². The number of hydrogen-bond donors (Lipinski definition) is 2. The maximum atomic E-state index is 5.44. The van der Waals surface area contributed by atoms with E-state index in [2.05, 4.69) is 27.5 Å². The summed E-state index contributed by atoms with van der Waals surface area (Å²) in [4.78, 5) is 2.37. The Kier molecular flexibility index (Phi) is 3.01. The number of hydrogen-bond acceptors (Lipinski definition) is 5. The van der Waals surface area contributed by atoms with Crippen LogP contribution in [-0.2, 0) is 0 Å². The highest BCUT2D eigenvalue weighted by molar-refractivity contribution is 5.38. The van der Waals surface area contributed by atoms with Gasteiger partial charge in [0.25, 0.3) is 0 Å². The third-order valence-electron chi connectivity index (χ3n) is 2.63. The number of nitrogens with zero attached hydrogens (tertiary/aromatic N) is 3. The lowest BCUT2D eigenvalue weighted by molar-refractivity contribution is 0.337. The van der Waals surface area contributed by atoms with E-state index in [0.717, 1.165) is 24.9 Å². The van der Waals surface area contributed by atoms with Crippen molar-refractivity contribution in [2.45, 2.75) is 18.9 Å². The van der Waals surface area contributed by atoms with Gasteiger partial charge in [-0.2, -0.15) is 0 Å². The van der Waals surface area contributed by atoms with Crippen LogP contribution >= 0.6 is 0 Å². The van der Waals surface area contributed by atoms with Crippen LogP contribution in [0.5, 0.6) is 0 Å². The molecule has 0 atom stereocenters. The second kappa shape index (κ2) is 4.44. The zero-order valence-corrected chi connectivity index (χ0v) is 8.98. The van der Waals surface area contributed by atoms with Crippen molar-refractivity contribution in [3.05, 3.63) is 12.1 Å². The predicted molar refractivity (Wildman–Crippen MR) is 60.6 cm³/mol. The topological polar surface area (TPSA) is 67.1 Å². The van der Waals surface area contributed by atoms with Gasteiger partial charge in [0.1, 0.15) is 11.6 Å². The van der Waals surface area contributed by atoms with Gasteiger partial charge in [0, 0.05) is 19.1 Å². The first-order valence-corrected chi connectivity index (χ1v) is 5.29. The molecule has 1 aliphatic carbocycles. The average molecular weight is 207 g/mol. The third kappa shape index (κ3) is 3.06. The molecule has 5 heteroatoms. The van der Waals surface area contributed by atoms with Gasteiger partial charge in [0.05, 0.1) is 0 Å². The first-order valence-electron chi connectivity index (χ1n) is 5.29. The molecule has 1 heterocycles. The van der Waals surface area contributed by atoms with Gasteiger partial charge < -0.3 is 16.0 Å². The zero-order valence-electron chi connectivity index (χ0n) is 8.98. The van der Waals surface area contributed by atoms with Crippen LogP contribution in [-0.4, -0.2) is 41.3 Å². The van der Waals surface area contributed by atoms with E-state index in [1.807, 2.05) is 6.07 Å². The summed E-state index contributed by atoms with van der Waals surface area (Å²) >= 11 is 0. The predicted octanol–water partition coefficient (Wildman–Crippen LogP) is 0.565. The highest BCUT2D eigenvalue weighted by Crippen LogP contribution is 2.24. The Morgan fingerprint density at radius 1 is 1.47 bits per heavy atom. The first kappa shape index (κ1) is 10.2. The molecule has 1 fully saturated rings. The molecule has 15 heavy (non-hydrogen) atoms. The normalized spacial score (nSPS) is 15.6. The van der Waals surface area contributed by atoms with E-state index < -0.39 is 0 Å². The number of nitrogen functional groups attached to an aromatic ring is 1. The van der Waals surface area contributed by atoms with Gasteiger partial charge in [-0.1, -0.05) is 0 Å². The van der Waals surface area contributed by atoms with E-state index >= 15 is 0 Å². The molecule has 82 valence electrons. The number of rotatable bonds is 5. The van der Waals surface area contributed by atoms with Crippen LogP contribution in [0.1, 0.15) is 12.8 Å². The molecule has 0 radical (unpaired) electrons. The van der Waals surface area contributed by atoms with Gasteiger partial charge >= 0.3 is 0 Å². The molecule has 0 unspecified atom stereocenters. The summed E-state index contributed by atoms with van der Waals surface area (Å²) < 4.78 is 0. The summed E-state index contributed by atoms with van der Waals surface area (Å²) in [6, 6.07) is 4.41. The Labute approximate surface area is 89.7 Å². The van der Waals surface area contributed by atoms with Gasteiger partial charge in [-0.3, -0.25) is 0 Å². The van der Waals surface area contributed by atoms with Crippen LogP contribution in [0, 0.1) is 0 Å². The monoisotopic (exact) mass is 207 g/mol. The molecule has 1 aromatic heterocycles. The second-order valence-electron chi connectivity index (χ2n) is 3.98. The van der Waals surface area contributed by atoms with Crippen LogP contribution < -0.4 is 11.1 Å². The highest BCUT2D eigenvalue weighted by Gasteiger charge is 2.25. The van der Waals surface area contributed by atoms with Gasteiger partial charge in [-0.25, -0.2) is 0 Å². The first-order chi connectivity index (χ1) is 7.25. The molecule has 3 N–H and O–H groups in total. The van der Waals surface area contributed by atoms with Crippen molar-refractivity contribution in [2.75, 3.05) is 31.2 Å². The molecule has 5 nitrogen and oxygen atoms in total. The van der Waals surface area contributed by atoms with Gasteiger partial charge in [0.15, 0.2) is 0 Å². The van der Waals surface area contributed by atoms with Crippen molar-refractivity contribution in [3.63, 3.8) is 0 Å². The van der Waals surface area contributed by atoms with E-state index in [0.29, 0.717) is 5.82 Å². The Morgan fingerprint density at radius 3 is 2.87 bits per heavy atom. The minimum Gasteiger partial charge on any atom is -0.382 e. The van der Waals surface area contributed by atoms with Crippen LogP contribution in [0.4, 0.5) is 11.6 Å². The quantitative estimate of drug-likeness (QED) is 0.738. The van der Waals surface area contributed by atoms with Crippen LogP contribution in [0.15, 0.2) is 12.1 Å². The van der Waals surface area contributed by atoms with Crippen molar-refractivity contribution >= 4 is 11.6 Å². The SMILES string of the molecule is CN(CCNc1ccc(N)nn1)C1CC1. The number of likely N-dealkylation sites (N-methyl/N-ethyl adjacent to an activating group) is 1. The van der Waals surface area contributed by atoms with E-state index in [4.69, 9.17) is 5.73 Å². The van der Waals surface area contributed by atoms with Gasteiger partial charge in [0.2, 0.25) is 0 Å². The average Bonchev–Trinajstić information content (AvgIpc) is 3.04. The number of nitrogens with two attached hydrogens (primary N) is 1. The molecular weight excluding hydrogens is 190 g/mol. The number of nitrogens with one attached hydrogen (secondary N) is 1. The lowest BCUT2D eigenvalue weighted by atomic mass is 10.4. The number of anilines is 2. The van der Waals surface area contributed by atoms with Crippen molar-refractivity contribution in [1.82, 2.24) is 15.1 Å². The van der Waals surface area contributed by atoms with E-state index in [9.17, 15) is 0 Å². The van der Waals surface area contributed by atoms with Crippen molar-refractivity contribution in [1.29, 1.82) is 0 Å². The highest BCUT2D eigenvalue weighted by atomic mass is 15.2. The Bertz CT molecular complexity index is 306. The molecule has 0 amide bonds. The fourth-order valence-electron chi connectivity index (χ4n) is 1.50. The standard InChI is InChI=1S/C10H17N5/c1-15(8-2-3-8)7-6-12-10-5-4-9(11)13-14-10/h4-5,8H,2-3,6-7H2,1H3,(H2,11,13)(H,12,14). The molecule has 0 bridgehead atoms. The maximum Gasteiger partial charge on any atom is 0.148 e. The molecule has 0 spiro atoms. The fourth-order valence-corrected chi connectivity index (χ4v) is 1.50. The third-order valence-corrected chi connectivity index (χ3v) is 2.63. The summed E-state index contributed by atoms with van der Waals surface area (Å²) in [5.74, 6) is 1.24. The van der Waals surface area contributed by atoms with E-state index in [-0.39, 0.29) is 0 Å². The second-order valence-corrected chi connectivity index (χ2v) is 3.98. The maximum absolute atomic E-state index is 5.44. The summed E-state index contributed by atoms with van der Waals surface area (Å²) in [6.07, 6.45) is 2.69. The summed E-state index contributed by atoms with van der Waals surface area (Å²) in [5.41, 5.74) is 5.44. The lowest BCUT2D eigenvalue weighted by Gasteiger charge is -2.15. The molecule has 1 aliphatic rings. The fraction of sp³-hybridized carbons (Fsp3) is 0.600.